The first-order valence-electron chi connectivity index (χ1n) is 5.17. The Labute approximate surface area is 83.9 Å². The predicted molar refractivity (Wildman–Crippen MR) is 56.9 cm³/mol. The van der Waals surface area contributed by atoms with Crippen molar-refractivity contribution in [3.05, 3.63) is 12.3 Å². The molecule has 1 aliphatic carbocycles. The zero-order valence-electron chi connectivity index (χ0n) is 8.24. The van der Waals surface area contributed by atoms with Crippen molar-refractivity contribution in [2.45, 2.75) is 25.7 Å². The number of nitrogens with two attached hydrogens (primary N) is 1. The van der Waals surface area contributed by atoms with E-state index in [0.717, 1.165) is 12.5 Å². The molecule has 2 rings (SSSR count). The van der Waals surface area contributed by atoms with Crippen molar-refractivity contribution in [3.8, 4) is 0 Å². The van der Waals surface area contributed by atoms with Gasteiger partial charge in [0.25, 0.3) is 0 Å². The van der Waals surface area contributed by atoms with Crippen LogP contribution in [-0.2, 0) is 0 Å². The van der Waals surface area contributed by atoms with Gasteiger partial charge in [-0.2, -0.15) is 4.98 Å². The summed E-state index contributed by atoms with van der Waals surface area (Å²) in [5, 5.41) is 3.23. The van der Waals surface area contributed by atoms with E-state index < -0.39 is 0 Å². The van der Waals surface area contributed by atoms with Crippen molar-refractivity contribution in [2.24, 2.45) is 5.92 Å². The lowest BCUT2D eigenvalue weighted by atomic mass is 10.1. The number of rotatable bonds is 3. The van der Waals surface area contributed by atoms with Crippen molar-refractivity contribution < 1.29 is 0 Å². The quantitative estimate of drug-likeness (QED) is 0.764. The normalized spacial score (nSPS) is 17.1. The highest BCUT2D eigenvalue weighted by molar-refractivity contribution is 5.34. The monoisotopic (exact) mass is 192 g/mol. The average molecular weight is 192 g/mol. The minimum Gasteiger partial charge on any atom is -0.384 e. The van der Waals surface area contributed by atoms with Gasteiger partial charge < -0.3 is 11.1 Å². The van der Waals surface area contributed by atoms with Gasteiger partial charge in [0.05, 0.1) is 0 Å². The Morgan fingerprint density at radius 1 is 1.43 bits per heavy atom. The molecule has 0 amide bonds. The molecular formula is C10H16N4. The summed E-state index contributed by atoms with van der Waals surface area (Å²) in [5.74, 6) is 1.96. The maximum absolute atomic E-state index is 5.55. The number of anilines is 2. The summed E-state index contributed by atoms with van der Waals surface area (Å²) in [5.41, 5.74) is 5.55. The van der Waals surface area contributed by atoms with E-state index >= 15 is 0 Å². The van der Waals surface area contributed by atoms with E-state index in [4.69, 9.17) is 5.73 Å². The van der Waals surface area contributed by atoms with Crippen molar-refractivity contribution in [1.82, 2.24) is 9.97 Å². The minimum atomic E-state index is 0.522. The van der Waals surface area contributed by atoms with E-state index in [9.17, 15) is 0 Å². The lowest BCUT2D eigenvalue weighted by Gasteiger charge is -2.09. The van der Waals surface area contributed by atoms with Crippen molar-refractivity contribution >= 4 is 11.8 Å². The summed E-state index contributed by atoms with van der Waals surface area (Å²) < 4.78 is 0. The van der Waals surface area contributed by atoms with Crippen LogP contribution in [0.15, 0.2) is 12.3 Å². The number of nitrogens with zero attached hydrogens (tertiary/aromatic N) is 2. The van der Waals surface area contributed by atoms with Crippen LogP contribution in [0, 0.1) is 5.92 Å². The van der Waals surface area contributed by atoms with E-state index in [1.165, 1.54) is 25.7 Å². The van der Waals surface area contributed by atoms with Crippen LogP contribution < -0.4 is 11.1 Å². The highest BCUT2D eigenvalue weighted by atomic mass is 15.1. The SMILES string of the molecule is Nc1ccnc(NCC2CCCC2)n1. The van der Waals surface area contributed by atoms with Gasteiger partial charge >= 0.3 is 0 Å². The maximum Gasteiger partial charge on any atom is 0.224 e. The van der Waals surface area contributed by atoms with Gasteiger partial charge in [0, 0.05) is 12.7 Å². The van der Waals surface area contributed by atoms with E-state index in [1.54, 1.807) is 12.3 Å². The maximum atomic E-state index is 5.55. The molecule has 0 aromatic carbocycles. The third-order valence-electron chi connectivity index (χ3n) is 2.70. The summed E-state index contributed by atoms with van der Waals surface area (Å²) in [7, 11) is 0. The molecule has 0 unspecified atom stereocenters. The Balaban J connectivity index is 1.85. The van der Waals surface area contributed by atoms with E-state index in [2.05, 4.69) is 15.3 Å². The minimum absolute atomic E-state index is 0.522. The van der Waals surface area contributed by atoms with Gasteiger partial charge in [-0.25, -0.2) is 4.98 Å². The molecule has 14 heavy (non-hydrogen) atoms. The number of hydrogen-bond acceptors (Lipinski definition) is 4. The molecule has 3 N–H and O–H groups in total. The zero-order valence-corrected chi connectivity index (χ0v) is 8.24. The summed E-state index contributed by atoms with van der Waals surface area (Å²) in [4.78, 5) is 8.19. The fraction of sp³-hybridized carbons (Fsp3) is 0.600. The highest BCUT2D eigenvalue weighted by Gasteiger charge is 2.14. The Morgan fingerprint density at radius 2 is 2.21 bits per heavy atom. The van der Waals surface area contributed by atoms with Crippen LogP contribution >= 0.6 is 0 Å². The van der Waals surface area contributed by atoms with Gasteiger partial charge in [0.15, 0.2) is 0 Å². The van der Waals surface area contributed by atoms with Gasteiger partial charge in [0.1, 0.15) is 5.82 Å². The van der Waals surface area contributed by atoms with E-state index in [1.807, 2.05) is 0 Å². The molecule has 1 aromatic rings. The molecule has 1 fully saturated rings. The molecule has 1 heterocycles. The van der Waals surface area contributed by atoms with Crippen LogP contribution in [0.5, 0.6) is 0 Å². The Hall–Kier alpha value is -1.32. The second-order valence-corrected chi connectivity index (χ2v) is 3.84. The molecule has 1 aromatic heterocycles. The van der Waals surface area contributed by atoms with Crippen LogP contribution in [0.3, 0.4) is 0 Å². The number of aromatic nitrogens is 2. The van der Waals surface area contributed by atoms with Gasteiger partial charge in [0.2, 0.25) is 5.95 Å². The smallest absolute Gasteiger partial charge is 0.224 e. The third kappa shape index (κ3) is 2.34. The van der Waals surface area contributed by atoms with Crippen molar-refractivity contribution in [2.75, 3.05) is 17.6 Å². The molecule has 0 spiro atoms. The fourth-order valence-corrected chi connectivity index (χ4v) is 1.91. The molecule has 0 saturated heterocycles. The van der Waals surface area contributed by atoms with Gasteiger partial charge in [-0.3, -0.25) is 0 Å². The average Bonchev–Trinajstić information content (AvgIpc) is 2.67. The first kappa shape index (κ1) is 9.24. The van der Waals surface area contributed by atoms with Crippen LogP contribution in [-0.4, -0.2) is 16.5 Å². The Morgan fingerprint density at radius 3 is 2.93 bits per heavy atom. The molecule has 0 radical (unpaired) electrons. The molecule has 1 saturated carbocycles. The molecular weight excluding hydrogens is 176 g/mol. The third-order valence-corrected chi connectivity index (χ3v) is 2.70. The van der Waals surface area contributed by atoms with Gasteiger partial charge in [-0.1, -0.05) is 12.8 Å². The van der Waals surface area contributed by atoms with Crippen LogP contribution in [0.25, 0.3) is 0 Å². The molecule has 0 bridgehead atoms. The molecule has 0 atom stereocenters. The van der Waals surface area contributed by atoms with E-state index in [0.29, 0.717) is 11.8 Å². The fourth-order valence-electron chi connectivity index (χ4n) is 1.91. The lowest BCUT2D eigenvalue weighted by molar-refractivity contribution is 0.578. The highest BCUT2D eigenvalue weighted by Crippen LogP contribution is 2.24. The van der Waals surface area contributed by atoms with Crippen LogP contribution in [0.1, 0.15) is 25.7 Å². The van der Waals surface area contributed by atoms with E-state index in [-0.39, 0.29) is 0 Å². The summed E-state index contributed by atoms with van der Waals surface area (Å²) in [6, 6.07) is 1.70. The Kier molecular flexibility index (Phi) is 2.81. The summed E-state index contributed by atoms with van der Waals surface area (Å²) >= 11 is 0. The number of nitrogens with one attached hydrogen (secondary N) is 1. The molecule has 0 aliphatic heterocycles. The van der Waals surface area contributed by atoms with Crippen LogP contribution in [0.2, 0.25) is 0 Å². The first-order valence-corrected chi connectivity index (χ1v) is 5.17. The van der Waals surface area contributed by atoms with Crippen LogP contribution in [0.4, 0.5) is 11.8 Å². The number of nitrogen functional groups attached to an aromatic ring is 1. The summed E-state index contributed by atoms with van der Waals surface area (Å²) in [6.45, 7) is 0.976. The van der Waals surface area contributed by atoms with Gasteiger partial charge in [-0.15, -0.1) is 0 Å². The van der Waals surface area contributed by atoms with Crippen molar-refractivity contribution in [3.63, 3.8) is 0 Å². The second-order valence-electron chi connectivity index (χ2n) is 3.84. The molecule has 1 aliphatic rings. The predicted octanol–water partition coefficient (Wildman–Crippen LogP) is 1.66. The topological polar surface area (TPSA) is 63.8 Å². The molecule has 76 valence electrons. The number of hydrogen-bond donors (Lipinski definition) is 2. The second kappa shape index (κ2) is 4.26. The van der Waals surface area contributed by atoms with Crippen molar-refractivity contribution in [1.29, 1.82) is 0 Å². The largest absolute Gasteiger partial charge is 0.384 e. The zero-order chi connectivity index (χ0) is 9.80. The first-order chi connectivity index (χ1) is 6.84. The summed E-state index contributed by atoms with van der Waals surface area (Å²) in [6.07, 6.45) is 7.07. The standard InChI is InChI=1S/C10H16N4/c11-9-5-6-12-10(14-9)13-7-8-3-1-2-4-8/h5-6,8H,1-4,7H2,(H3,11,12,13,14). The molecule has 4 heteroatoms. The Bertz CT molecular complexity index is 294. The molecule has 4 nitrogen and oxygen atoms in total. The lowest BCUT2D eigenvalue weighted by Crippen LogP contribution is -2.13. The van der Waals surface area contributed by atoms with Gasteiger partial charge in [-0.05, 0) is 24.8 Å².